The van der Waals surface area contributed by atoms with Crippen LogP contribution in [0.2, 0.25) is 5.02 Å². The van der Waals surface area contributed by atoms with Crippen LogP contribution in [0, 0.1) is 6.92 Å². The first-order chi connectivity index (χ1) is 9.65. The second-order valence-corrected chi connectivity index (χ2v) is 4.91. The zero-order chi connectivity index (χ0) is 14.1. The van der Waals surface area contributed by atoms with Crippen LogP contribution in [0.5, 0.6) is 17.2 Å². The molecular formula is C16H12ClNO2. The van der Waals surface area contributed by atoms with Crippen LogP contribution in [0.1, 0.15) is 5.56 Å². The van der Waals surface area contributed by atoms with E-state index in [-0.39, 0.29) is 5.75 Å². The fourth-order valence-electron chi connectivity index (χ4n) is 2.02. The topological polar surface area (TPSA) is 42.4 Å². The largest absolute Gasteiger partial charge is 0.508 e. The van der Waals surface area contributed by atoms with Gasteiger partial charge < -0.3 is 9.84 Å². The zero-order valence-corrected chi connectivity index (χ0v) is 11.6. The number of aromatic nitrogens is 1. The fraction of sp³-hybridized carbons (Fsp3) is 0.0625. The first-order valence-electron chi connectivity index (χ1n) is 6.16. The van der Waals surface area contributed by atoms with E-state index in [4.69, 9.17) is 16.3 Å². The van der Waals surface area contributed by atoms with E-state index in [1.54, 1.807) is 36.5 Å². The Morgan fingerprint density at radius 2 is 1.95 bits per heavy atom. The third kappa shape index (κ3) is 2.28. The van der Waals surface area contributed by atoms with E-state index in [0.29, 0.717) is 22.1 Å². The lowest BCUT2D eigenvalue weighted by Gasteiger charge is -2.11. The van der Waals surface area contributed by atoms with Crippen molar-refractivity contribution in [1.29, 1.82) is 0 Å². The molecule has 1 N–H and O–H groups in total. The lowest BCUT2D eigenvalue weighted by molar-refractivity contribution is 0.450. The van der Waals surface area contributed by atoms with Gasteiger partial charge in [0.15, 0.2) is 0 Å². The normalized spacial score (nSPS) is 10.7. The first-order valence-corrected chi connectivity index (χ1v) is 6.53. The molecule has 1 heterocycles. The molecule has 0 saturated carbocycles. The molecule has 0 fully saturated rings. The Kier molecular flexibility index (Phi) is 3.20. The highest BCUT2D eigenvalue weighted by Crippen LogP contribution is 2.34. The Labute approximate surface area is 121 Å². The number of rotatable bonds is 2. The van der Waals surface area contributed by atoms with Crippen molar-refractivity contribution in [2.45, 2.75) is 6.92 Å². The van der Waals surface area contributed by atoms with Crippen molar-refractivity contribution in [3.05, 3.63) is 59.2 Å². The standard InChI is InChI=1S/C16H12ClNO2/c1-10-14(19)3-2-4-15(10)20-16-7-8-18-13-9-11(17)5-6-12(13)16/h2-9,19H,1H3. The minimum atomic E-state index is 0.212. The highest BCUT2D eigenvalue weighted by atomic mass is 35.5. The Bertz CT molecular complexity index is 787. The minimum absolute atomic E-state index is 0.212. The van der Waals surface area contributed by atoms with Crippen molar-refractivity contribution in [2.24, 2.45) is 0 Å². The predicted molar refractivity (Wildman–Crippen MR) is 79.7 cm³/mol. The van der Waals surface area contributed by atoms with Gasteiger partial charge in [-0.15, -0.1) is 0 Å². The number of nitrogens with zero attached hydrogens (tertiary/aromatic N) is 1. The van der Waals surface area contributed by atoms with Crippen LogP contribution >= 0.6 is 11.6 Å². The molecule has 3 aromatic rings. The van der Waals surface area contributed by atoms with Gasteiger partial charge in [-0.05, 0) is 43.3 Å². The number of hydrogen-bond donors (Lipinski definition) is 1. The Morgan fingerprint density at radius 1 is 1.10 bits per heavy atom. The summed E-state index contributed by atoms with van der Waals surface area (Å²) in [6, 6.07) is 12.5. The lowest BCUT2D eigenvalue weighted by atomic mass is 10.2. The molecule has 0 unspecified atom stereocenters. The van der Waals surface area contributed by atoms with Crippen molar-refractivity contribution in [3.8, 4) is 17.2 Å². The van der Waals surface area contributed by atoms with Crippen molar-refractivity contribution in [2.75, 3.05) is 0 Å². The van der Waals surface area contributed by atoms with Gasteiger partial charge in [-0.3, -0.25) is 4.98 Å². The average molecular weight is 286 g/mol. The average Bonchev–Trinajstić information content (AvgIpc) is 2.44. The summed E-state index contributed by atoms with van der Waals surface area (Å²) >= 11 is 5.96. The number of ether oxygens (including phenoxy) is 1. The number of phenolic OH excluding ortho intramolecular Hbond substituents is 1. The summed E-state index contributed by atoms with van der Waals surface area (Å²) in [6.07, 6.45) is 1.67. The first kappa shape index (κ1) is 12.8. The van der Waals surface area contributed by atoms with Crippen LogP contribution in [0.3, 0.4) is 0 Å². The molecule has 100 valence electrons. The quantitative estimate of drug-likeness (QED) is 0.742. The second kappa shape index (κ2) is 5.02. The smallest absolute Gasteiger partial charge is 0.138 e. The molecule has 0 atom stereocenters. The maximum Gasteiger partial charge on any atom is 0.138 e. The van der Waals surface area contributed by atoms with Gasteiger partial charge in [-0.25, -0.2) is 0 Å². The zero-order valence-electron chi connectivity index (χ0n) is 10.8. The highest BCUT2D eigenvalue weighted by Gasteiger charge is 2.08. The highest BCUT2D eigenvalue weighted by molar-refractivity contribution is 6.31. The van der Waals surface area contributed by atoms with Gasteiger partial charge in [-0.1, -0.05) is 17.7 Å². The van der Waals surface area contributed by atoms with Gasteiger partial charge in [0.1, 0.15) is 17.2 Å². The van der Waals surface area contributed by atoms with E-state index in [1.165, 1.54) is 0 Å². The molecular weight excluding hydrogens is 274 g/mol. The van der Waals surface area contributed by atoms with Crippen LogP contribution in [0.4, 0.5) is 0 Å². The van der Waals surface area contributed by atoms with Gasteiger partial charge in [0.25, 0.3) is 0 Å². The molecule has 0 bridgehead atoms. The Balaban J connectivity index is 2.09. The maximum absolute atomic E-state index is 9.72. The van der Waals surface area contributed by atoms with E-state index in [1.807, 2.05) is 19.1 Å². The molecule has 0 amide bonds. The fourth-order valence-corrected chi connectivity index (χ4v) is 2.18. The van der Waals surface area contributed by atoms with Crippen LogP contribution in [-0.2, 0) is 0 Å². The molecule has 3 rings (SSSR count). The van der Waals surface area contributed by atoms with E-state index in [9.17, 15) is 5.11 Å². The molecule has 3 nitrogen and oxygen atoms in total. The van der Waals surface area contributed by atoms with Crippen molar-refractivity contribution < 1.29 is 9.84 Å². The molecule has 0 saturated heterocycles. The summed E-state index contributed by atoms with van der Waals surface area (Å²) in [7, 11) is 0. The van der Waals surface area contributed by atoms with Crippen molar-refractivity contribution in [1.82, 2.24) is 4.98 Å². The summed E-state index contributed by atoms with van der Waals surface area (Å²) in [6.45, 7) is 1.81. The van der Waals surface area contributed by atoms with Gasteiger partial charge in [-0.2, -0.15) is 0 Å². The summed E-state index contributed by atoms with van der Waals surface area (Å²) in [5, 5.41) is 11.2. The number of hydrogen-bond acceptors (Lipinski definition) is 3. The van der Waals surface area contributed by atoms with Crippen LogP contribution < -0.4 is 4.74 Å². The number of pyridine rings is 1. The lowest BCUT2D eigenvalue weighted by Crippen LogP contribution is -1.90. The third-order valence-corrected chi connectivity index (χ3v) is 3.38. The van der Waals surface area contributed by atoms with Crippen LogP contribution in [0.25, 0.3) is 10.9 Å². The van der Waals surface area contributed by atoms with Crippen molar-refractivity contribution >= 4 is 22.5 Å². The number of aromatic hydroxyl groups is 1. The Morgan fingerprint density at radius 3 is 2.80 bits per heavy atom. The van der Waals surface area contributed by atoms with Gasteiger partial charge in [0.2, 0.25) is 0 Å². The number of phenols is 1. The summed E-state index contributed by atoms with van der Waals surface area (Å²) in [5.41, 5.74) is 1.47. The number of fused-ring (bicyclic) bond motifs is 1. The molecule has 2 aromatic carbocycles. The van der Waals surface area contributed by atoms with Gasteiger partial charge in [0.05, 0.1) is 5.52 Å². The molecule has 0 aliphatic rings. The van der Waals surface area contributed by atoms with Crippen LogP contribution in [-0.4, -0.2) is 10.1 Å². The van der Waals surface area contributed by atoms with Gasteiger partial charge in [0, 0.05) is 22.2 Å². The summed E-state index contributed by atoms with van der Waals surface area (Å²) in [5.74, 6) is 1.51. The predicted octanol–water partition coefficient (Wildman–Crippen LogP) is 4.69. The maximum atomic E-state index is 9.72. The summed E-state index contributed by atoms with van der Waals surface area (Å²) < 4.78 is 5.90. The van der Waals surface area contributed by atoms with Crippen LogP contribution in [0.15, 0.2) is 48.7 Å². The molecule has 0 aliphatic heterocycles. The van der Waals surface area contributed by atoms with E-state index in [2.05, 4.69) is 4.98 Å². The summed E-state index contributed by atoms with van der Waals surface area (Å²) in [4.78, 5) is 4.27. The second-order valence-electron chi connectivity index (χ2n) is 4.47. The molecule has 1 aromatic heterocycles. The number of halogens is 1. The minimum Gasteiger partial charge on any atom is -0.508 e. The molecule has 20 heavy (non-hydrogen) atoms. The van der Waals surface area contributed by atoms with Crippen molar-refractivity contribution in [3.63, 3.8) is 0 Å². The molecule has 0 aliphatic carbocycles. The SMILES string of the molecule is Cc1c(O)cccc1Oc1ccnc2cc(Cl)ccc12. The van der Waals surface area contributed by atoms with E-state index >= 15 is 0 Å². The monoisotopic (exact) mass is 285 g/mol. The Hall–Kier alpha value is -2.26. The van der Waals surface area contributed by atoms with E-state index in [0.717, 1.165) is 10.9 Å². The molecule has 4 heteroatoms. The third-order valence-electron chi connectivity index (χ3n) is 3.14. The molecule has 0 spiro atoms. The molecule has 0 radical (unpaired) electrons. The van der Waals surface area contributed by atoms with E-state index < -0.39 is 0 Å². The van der Waals surface area contributed by atoms with Gasteiger partial charge >= 0.3 is 0 Å². The number of benzene rings is 2.